The van der Waals surface area contributed by atoms with Crippen LogP contribution in [0.25, 0.3) is 17.0 Å². The molecule has 0 bridgehead atoms. The van der Waals surface area contributed by atoms with Crippen LogP contribution < -0.4 is 5.32 Å². The van der Waals surface area contributed by atoms with Gasteiger partial charge in [0.1, 0.15) is 0 Å². The fourth-order valence-electron chi connectivity index (χ4n) is 3.65. The zero-order chi connectivity index (χ0) is 15.9. The van der Waals surface area contributed by atoms with Gasteiger partial charge in [0.05, 0.1) is 5.54 Å². The summed E-state index contributed by atoms with van der Waals surface area (Å²) in [6.07, 6.45) is 5.21. The topological polar surface area (TPSA) is 54.3 Å². The summed E-state index contributed by atoms with van der Waals surface area (Å²) in [6.45, 7) is 2.29. The number of aliphatic carboxylic acids is 1. The van der Waals surface area contributed by atoms with Crippen LogP contribution >= 0.6 is 0 Å². The van der Waals surface area contributed by atoms with Gasteiger partial charge in [-0.05, 0) is 55.0 Å². The van der Waals surface area contributed by atoms with Crippen molar-refractivity contribution in [2.45, 2.75) is 25.3 Å². The number of aromatic nitrogens is 1. The standard InChI is InChI=1S/C18H22N2O2/c1-12-8-9-18(12,19-2)16-11-14-6-4-13(5-7-17(21)22)10-15(14)20(16)3/h4-7,10-12,19H,8-9H2,1-3H3,(H,21,22)/b7-5+/t12-,18?/m1/s1. The lowest BCUT2D eigenvalue weighted by Crippen LogP contribution is -2.53. The first-order chi connectivity index (χ1) is 10.5. The van der Waals surface area contributed by atoms with Crippen molar-refractivity contribution in [3.63, 3.8) is 0 Å². The molecule has 1 saturated carbocycles. The first kappa shape index (κ1) is 14.9. The molecule has 0 aliphatic heterocycles. The Labute approximate surface area is 130 Å². The highest BCUT2D eigenvalue weighted by Crippen LogP contribution is 2.47. The molecule has 1 fully saturated rings. The van der Waals surface area contributed by atoms with Crippen molar-refractivity contribution in [2.24, 2.45) is 13.0 Å². The second-order valence-corrected chi connectivity index (χ2v) is 6.24. The van der Waals surface area contributed by atoms with Crippen molar-refractivity contribution in [1.29, 1.82) is 0 Å². The van der Waals surface area contributed by atoms with E-state index in [-0.39, 0.29) is 5.54 Å². The lowest BCUT2D eigenvalue weighted by atomic mass is 9.65. The van der Waals surface area contributed by atoms with E-state index in [4.69, 9.17) is 5.11 Å². The third kappa shape index (κ3) is 2.15. The number of aryl methyl sites for hydroxylation is 1. The van der Waals surface area contributed by atoms with E-state index >= 15 is 0 Å². The third-order valence-electron chi connectivity index (χ3n) is 5.20. The molecule has 0 saturated heterocycles. The number of carbonyl (C=O) groups is 1. The molecular formula is C18H22N2O2. The molecule has 22 heavy (non-hydrogen) atoms. The lowest BCUT2D eigenvalue weighted by molar-refractivity contribution is -0.131. The quantitative estimate of drug-likeness (QED) is 0.853. The van der Waals surface area contributed by atoms with Gasteiger partial charge >= 0.3 is 5.97 Å². The molecule has 0 radical (unpaired) electrons. The van der Waals surface area contributed by atoms with E-state index < -0.39 is 5.97 Å². The average Bonchev–Trinajstić information content (AvgIpc) is 2.82. The molecule has 4 heteroatoms. The number of nitrogens with zero attached hydrogens (tertiary/aromatic N) is 1. The van der Waals surface area contributed by atoms with E-state index in [2.05, 4.69) is 36.0 Å². The van der Waals surface area contributed by atoms with Gasteiger partial charge in [0.25, 0.3) is 0 Å². The molecule has 2 atom stereocenters. The van der Waals surface area contributed by atoms with Crippen molar-refractivity contribution in [2.75, 3.05) is 7.05 Å². The van der Waals surface area contributed by atoms with Crippen LogP contribution in [0.4, 0.5) is 0 Å². The number of hydrogen-bond acceptors (Lipinski definition) is 2. The predicted molar refractivity (Wildman–Crippen MR) is 88.7 cm³/mol. The van der Waals surface area contributed by atoms with Crippen LogP contribution in [0.3, 0.4) is 0 Å². The minimum atomic E-state index is -0.926. The molecular weight excluding hydrogens is 276 g/mol. The van der Waals surface area contributed by atoms with E-state index in [1.165, 1.54) is 23.6 Å². The molecule has 2 aromatic rings. The van der Waals surface area contributed by atoms with E-state index in [0.717, 1.165) is 17.5 Å². The number of benzene rings is 1. The van der Waals surface area contributed by atoms with E-state index in [1.54, 1.807) is 6.08 Å². The first-order valence-corrected chi connectivity index (χ1v) is 7.68. The van der Waals surface area contributed by atoms with Crippen molar-refractivity contribution >= 4 is 22.9 Å². The molecule has 1 aromatic heterocycles. The van der Waals surface area contributed by atoms with Crippen molar-refractivity contribution in [3.8, 4) is 0 Å². The summed E-state index contributed by atoms with van der Waals surface area (Å²) in [5.74, 6) is -0.308. The van der Waals surface area contributed by atoms with E-state index in [1.807, 2.05) is 19.2 Å². The van der Waals surface area contributed by atoms with Crippen molar-refractivity contribution in [1.82, 2.24) is 9.88 Å². The summed E-state index contributed by atoms with van der Waals surface area (Å²) in [5, 5.41) is 13.5. The van der Waals surface area contributed by atoms with Gasteiger partial charge < -0.3 is 15.0 Å². The summed E-state index contributed by atoms with van der Waals surface area (Å²) in [7, 11) is 4.13. The zero-order valence-electron chi connectivity index (χ0n) is 13.3. The number of carboxylic acid groups (broad SMARTS) is 1. The average molecular weight is 298 g/mol. The Morgan fingerprint density at radius 1 is 1.45 bits per heavy atom. The Morgan fingerprint density at radius 3 is 2.77 bits per heavy atom. The predicted octanol–water partition coefficient (Wildman–Crippen LogP) is 3.12. The Hall–Kier alpha value is -2.07. The van der Waals surface area contributed by atoms with Gasteiger partial charge in [-0.15, -0.1) is 0 Å². The molecule has 0 amide bonds. The van der Waals surface area contributed by atoms with Crippen LogP contribution in [0.2, 0.25) is 0 Å². The normalized spacial score (nSPS) is 24.8. The van der Waals surface area contributed by atoms with Gasteiger partial charge in [0.15, 0.2) is 0 Å². The molecule has 116 valence electrons. The van der Waals surface area contributed by atoms with Gasteiger partial charge in [-0.3, -0.25) is 0 Å². The number of nitrogens with one attached hydrogen (secondary N) is 1. The molecule has 1 aliphatic rings. The van der Waals surface area contributed by atoms with Gasteiger partial charge in [0, 0.05) is 24.3 Å². The van der Waals surface area contributed by atoms with Gasteiger partial charge in [0.2, 0.25) is 0 Å². The van der Waals surface area contributed by atoms with Gasteiger partial charge in [-0.1, -0.05) is 19.1 Å². The summed E-state index contributed by atoms with van der Waals surface area (Å²) in [4.78, 5) is 10.7. The molecule has 4 nitrogen and oxygen atoms in total. The summed E-state index contributed by atoms with van der Waals surface area (Å²) in [5.41, 5.74) is 3.41. The molecule has 1 aromatic carbocycles. The van der Waals surface area contributed by atoms with Crippen LogP contribution in [-0.4, -0.2) is 22.7 Å². The van der Waals surface area contributed by atoms with Crippen LogP contribution in [0.5, 0.6) is 0 Å². The highest BCUT2D eigenvalue weighted by molar-refractivity contribution is 5.88. The maximum atomic E-state index is 10.7. The van der Waals surface area contributed by atoms with Crippen LogP contribution in [-0.2, 0) is 17.4 Å². The summed E-state index contributed by atoms with van der Waals surface area (Å²) < 4.78 is 2.24. The third-order valence-corrected chi connectivity index (χ3v) is 5.20. The molecule has 1 unspecified atom stereocenters. The molecule has 0 spiro atoms. The fourth-order valence-corrected chi connectivity index (χ4v) is 3.65. The largest absolute Gasteiger partial charge is 0.478 e. The number of hydrogen-bond donors (Lipinski definition) is 2. The molecule has 3 rings (SSSR count). The van der Waals surface area contributed by atoms with Crippen LogP contribution in [0, 0.1) is 5.92 Å². The second kappa shape index (κ2) is 5.29. The highest BCUT2D eigenvalue weighted by atomic mass is 16.4. The number of fused-ring (bicyclic) bond motifs is 1. The molecule has 1 heterocycles. The first-order valence-electron chi connectivity index (χ1n) is 7.68. The monoisotopic (exact) mass is 298 g/mol. The van der Waals surface area contributed by atoms with Gasteiger partial charge in [-0.2, -0.15) is 0 Å². The maximum absolute atomic E-state index is 10.7. The van der Waals surface area contributed by atoms with Crippen molar-refractivity contribution < 1.29 is 9.90 Å². The smallest absolute Gasteiger partial charge is 0.328 e. The number of rotatable bonds is 4. The minimum absolute atomic E-state index is 0.0604. The fraction of sp³-hybridized carbons (Fsp3) is 0.389. The maximum Gasteiger partial charge on any atom is 0.328 e. The van der Waals surface area contributed by atoms with E-state index in [9.17, 15) is 4.79 Å². The van der Waals surface area contributed by atoms with E-state index in [0.29, 0.717) is 5.92 Å². The SMILES string of the molecule is CNC1(c2cc3ccc(/C=C/C(=O)O)cc3n2C)CC[C@H]1C. The van der Waals surface area contributed by atoms with Gasteiger partial charge in [-0.25, -0.2) is 4.79 Å². The summed E-state index contributed by atoms with van der Waals surface area (Å²) >= 11 is 0. The Balaban J connectivity index is 2.08. The van der Waals surface area contributed by atoms with Crippen molar-refractivity contribution in [3.05, 3.63) is 41.6 Å². The van der Waals surface area contributed by atoms with Crippen LogP contribution in [0.15, 0.2) is 30.3 Å². The zero-order valence-corrected chi connectivity index (χ0v) is 13.3. The lowest BCUT2D eigenvalue weighted by Gasteiger charge is -2.48. The summed E-state index contributed by atoms with van der Waals surface area (Å²) in [6, 6.07) is 8.33. The minimum Gasteiger partial charge on any atom is -0.478 e. The highest BCUT2D eigenvalue weighted by Gasteiger charge is 2.45. The number of carboxylic acids is 1. The van der Waals surface area contributed by atoms with Crippen LogP contribution in [0.1, 0.15) is 31.0 Å². The Kier molecular flexibility index (Phi) is 3.57. The Morgan fingerprint density at radius 2 is 2.23 bits per heavy atom. The second-order valence-electron chi connectivity index (χ2n) is 6.24. The Bertz CT molecular complexity index is 756. The molecule has 1 aliphatic carbocycles. The molecule has 2 N–H and O–H groups in total.